The summed E-state index contributed by atoms with van der Waals surface area (Å²) in [5, 5.41) is 35.1. The number of aliphatic carboxylic acids is 1. The third-order valence-electron chi connectivity index (χ3n) is 12.5. The number of nitrogens with zero attached hydrogens (tertiary/aromatic N) is 1. The van der Waals surface area contributed by atoms with Crippen LogP contribution in [0.5, 0.6) is 0 Å². The molecule has 0 unspecified atom stereocenters. The second kappa shape index (κ2) is 28.8. The second-order valence-corrected chi connectivity index (χ2v) is 18.9. The van der Waals surface area contributed by atoms with Gasteiger partial charge in [0.2, 0.25) is 35.4 Å². The molecule has 21 heteroatoms. The Balaban J connectivity index is 1.44. The lowest BCUT2D eigenvalue weighted by Gasteiger charge is -2.29. The maximum atomic E-state index is 14.7. The van der Waals surface area contributed by atoms with E-state index < -0.39 is 77.8 Å². The number of rotatable bonds is 29. The average Bonchev–Trinajstić information content (AvgIpc) is 4.04. The first-order chi connectivity index (χ1) is 34.7. The summed E-state index contributed by atoms with van der Waals surface area (Å²) < 4.78 is 0. The van der Waals surface area contributed by atoms with Crippen LogP contribution in [0.3, 0.4) is 0 Å². The van der Waals surface area contributed by atoms with Crippen LogP contribution in [0.25, 0.3) is 10.9 Å². The van der Waals surface area contributed by atoms with Crippen LogP contribution in [0.4, 0.5) is 0 Å². The zero-order valence-electron chi connectivity index (χ0n) is 40.7. The number of amides is 6. The fourth-order valence-corrected chi connectivity index (χ4v) is 9.13. The maximum Gasteiger partial charge on any atom is 0.326 e. The molecule has 1 aliphatic heterocycles. The second-order valence-electron chi connectivity index (χ2n) is 17.9. The number of H-pyrrole nitrogens is 1. The molecule has 0 radical (unpaired) electrons. The number of carbonyl (C=O) groups is 7. The van der Waals surface area contributed by atoms with Crippen LogP contribution >= 0.6 is 11.8 Å². The summed E-state index contributed by atoms with van der Waals surface area (Å²) >= 11 is 1.56. The Bertz CT molecular complexity index is 2440. The number of guanidine groups is 1. The third-order valence-corrected chi connectivity index (χ3v) is 13.2. The van der Waals surface area contributed by atoms with E-state index in [0.29, 0.717) is 67.6 Å². The minimum atomic E-state index is -1.36. The number of benzene rings is 3. The number of nitrogens with one attached hydrogen (secondary N) is 8. The van der Waals surface area contributed by atoms with Crippen molar-refractivity contribution in [3.8, 4) is 0 Å². The zero-order valence-corrected chi connectivity index (χ0v) is 41.5. The highest BCUT2D eigenvalue weighted by Crippen LogP contribution is 2.22. The maximum absolute atomic E-state index is 14.7. The molecule has 0 bridgehead atoms. The van der Waals surface area contributed by atoms with Crippen LogP contribution in [-0.2, 0) is 52.8 Å². The third kappa shape index (κ3) is 17.1. The summed E-state index contributed by atoms with van der Waals surface area (Å²) in [6.07, 6.45) is 6.24. The molecular weight excluding hydrogens is 941 g/mol. The van der Waals surface area contributed by atoms with Gasteiger partial charge in [-0.05, 0) is 92.7 Å². The molecule has 20 nitrogen and oxygen atoms in total. The molecule has 72 heavy (non-hydrogen) atoms. The molecule has 1 aliphatic rings. The fraction of sp³-hybridized carbons (Fsp3) is 0.451. The number of fused-ring (bicyclic) bond motifs is 1. The molecule has 2 heterocycles. The standard InChI is InChI=1S/C51H70N12O8S/c1-72-27-23-36(53)49(69)63-26-13-22-43(63)48(68)62-41(29-33-16-6-3-7-17-33)45(65)58-38(21-12-25-56-51(54)55)44(64)61-42(30-34-31-57-37-19-9-8-18-35(34)37)47(67)60-40(28-32-14-4-2-5-15-32)46(66)59-39(50(70)71)20-10-11-24-52/h2-9,14-19,31,36,38-43,57H,10-13,20-30,52-53H2,1H3,(H,58,65)(H,59,66)(H,60,67)(H,61,64)(H,62,68)(H,70,71)(H4,54,55,56)/t36-,38-,39-,40-,41+,42+,43-/m0/s1. The summed E-state index contributed by atoms with van der Waals surface area (Å²) in [6.45, 7) is 0.834. The van der Waals surface area contributed by atoms with Crippen molar-refractivity contribution in [2.24, 2.45) is 17.2 Å². The summed E-state index contributed by atoms with van der Waals surface area (Å²) in [5.74, 6) is -4.76. The van der Waals surface area contributed by atoms with Crippen LogP contribution in [0, 0.1) is 5.41 Å². The Kier molecular flexibility index (Phi) is 22.4. The van der Waals surface area contributed by atoms with E-state index in [1.54, 1.807) is 72.6 Å². The van der Waals surface area contributed by atoms with Crippen molar-refractivity contribution in [1.82, 2.24) is 41.8 Å². The zero-order chi connectivity index (χ0) is 52.0. The first-order valence-electron chi connectivity index (χ1n) is 24.4. The van der Waals surface area contributed by atoms with E-state index >= 15 is 0 Å². The number of carboxylic acids is 1. The van der Waals surface area contributed by atoms with Gasteiger partial charge in [0.15, 0.2) is 5.96 Å². The van der Waals surface area contributed by atoms with E-state index in [1.165, 1.54) is 4.90 Å². The number of aromatic nitrogens is 1. The predicted octanol–water partition coefficient (Wildman–Crippen LogP) is 1.17. The molecule has 0 spiro atoms. The molecule has 15 N–H and O–H groups in total. The number of hydrogen-bond acceptors (Lipinski definition) is 11. The highest BCUT2D eigenvalue weighted by Gasteiger charge is 2.39. The van der Waals surface area contributed by atoms with Crippen molar-refractivity contribution < 1.29 is 38.7 Å². The van der Waals surface area contributed by atoms with E-state index in [0.717, 1.165) is 10.9 Å². The summed E-state index contributed by atoms with van der Waals surface area (Å²) in [4.78, 5) is 103. The van der Waals surface area contributed by atoms with Gasteiger partial charge in [-0.2, -0.15) is 11.8 Å². The van der Waals surface area contributed by atoms with Gasteiger partial charge in [0, 0.05) is 49.5 Å². The number of thioether (sulfide) groups is 1. The summed E-state index contributed by atoms with van der Waals surface area (Å²) in [5.41, 5.74) is 20.2. The average molecular weight is 1010 g/mol. The number of nitrogens with two attached hydrogens (primary N) is 3. The van der Waals surface area contributed by atoms with Gasteiger partial charge < -0.3 is 64.1 Å². The number of unbranched alkanes of at least 4 members (excludes halogenated alkanes) is 1. The van der Waals surface area contributed by atoms with Crippen molar-refractivity contribution >= 4 is 70.0 Å². The lowest BCUT2D eigenvalue weighted by atomic mass is 10.0. The molecule has 0 saturated carbocycles. The van der Waals surface area contributed by atoms with Crippen LogP contribution in [0.2, 0.25) is 0 Å². The topological polar surface area (TPSA) is 333 Å². The largest absolute Gasteiger partial charge is 0.480 e. The normalized spacial score (nSPS) is 15.8. The first kappa shape index (κ1) is 56.0. The number of aromatic amines is 1. The van der Waals surface area contributed by atoms with E-state index in [9.17, 15) is 38.7 Å². The molecule has 1 fully saturated rings. The Hall–Kier alpha value is -6.97. The van der Waals surface area contributed by atoms with E-state index in [2.05, 4.69) is 36.9 Å². The molecule has 6 amide bonds. The Morgan fingerprint density at radius 1 is 0.722 bits per heavy atom. The monoisotopic (exact) mass is 1010 g/mol. The van der Waals surface area contributed by atoms with Gasteiger partial charge in [0.25, 0.3) is 0 Å². The van der Waals surface area contributed by atoms with Gasteiger partial charge in [0.1, 0.15) is 36.3 Å². The Labute approximate surface area is 424 Å². The molecule has 7 atom stereocenters. The number of hydrogen-bond donors (Lipinski definition) is 12. The van der Waals surface area contributed by atoms with Crippen LogP contribution in [-0.4, -0.2) is 136 Å². The molecule has 1 saturated heterocycles. The highest BCUT2D eigenvalue weighted by atomic mass is 32.2. The molecule has 0 aliphatic carbocycles. The van der Waals surface area contributed by atoms with E-state index in [1.807, 2.05) is 36.6 Å². The SMILES string of the molecule is CSCC[C@H](N)C(=O)N1CCC[C@H]1C(=O)N[C@H](Cc1ccccc1)C(=O)N[C@@H](CCCNC(=N)N)C(=O)N[C@H](Cc1c[nH]c2ccccc12)C(=O)N[C@@H](Cc1ccccc1)C(=O)N[C@@H](CCCCN)C(=O)O. The van der Waals surface area contributed by atoms with Crippen LogP contribution < -0.4 is 49.1 Å². The van der Waals surface area contributed by atoms with Crippen LogP contribution in [0.1, 0.15) is 68.1 Å². The predicted molar refractivity (Wildman–Crippen MR) is 277 cm³/mol. The van der Waals surface area contributed by atoms with E-state index in [-0.39, 0.29) is 56.9 Å². The van der Waals surface area contributed by atoms with Crippen molar-refractivity contribution in [2.45, 2.75) is 113 Å². The molecule has 1 aromatic heterocycles. The Morgan fingerprint density at radius 2 is 1.26 bits per heavy atom. The minimum Gasteiger partial charge on any atom is -0.480 e. The lowest BCUT2D eigenvalue weighted by Crippen LogP contribution is -2.60. The van der Waals surface area contributed by atoms with Crippen molar-refractivity contribution in [1.29, 1.82) is 5.41 Å². The van der Waals surface area contributed by atoms with Gasteiger partial charge in [-0.15, -0.1) is 0 Å². The Morgan fingerprint density at radius 3 is 1.86 bits per heavy atom. The fourth-order valence-electron chi connectivity index (χ4n) is 8.64. The minimum absolute atomic E-state index is 0.0100. The number of carboxylic acid groups (broad SMARTS) is 1. The first-order valence-corrected chi connectivity index (χ1v) is 25.8. The van der Waals surface area contributed by atoms with Gasteiger partial charge in [-0.25, -0.2) is 4.79 Å². The molecule has 3 aromatic carbocycles. The van der Waals surface area contributed by atoms with Gasteiger partial charge in [-0.1, -0.05) is 78.9 Å². The molecule has 388 valence electrons. The van der Waals surface area contributed by atoms with Crippen molar-refractivity contribution in [3.63, 3.8) is 0 Å². The van der Waals surface area contributed by atoms with Crippen LogP contribution in [0.15, 0.2) is 91.1 Å². The quantitative estimate of drug-likeness (QED) is 0.0207. The van der Waals surface area contributed by atoms with Gasteiger partial charge >= 0.3 is 5.97 Å². The van der Waals surface area contributed by atoms with Crippen molar-refractivity contribution in [2.75, 3.05) is 31.6 Å². The molecule has 5 rings (SSSR count). The molecule has 4 aromatic rings. The number of carbonyl (C=O) groups excluding carboxylic acids is 6. The molecular formula is C51H70N12O8S. The van der Waals surface area contributed by atoms with Crippen molar-refractivity contribution in [3.05, 3.63) is 108 Å². The summed E-state index contributed by atoms with van der Waals surface area (Å²) in [7, 11) is 0. The van der Waals surface area contributed by atoms with Gasteiger partial charge in [-0.3, -0.25) is 34.2 Å². The smallest absolute Gasteiger partial charge is 0.326 e. The number of likely N-dealkylation sites (tertiary alicyclic amines) is 1. The highest BCUT2D eigenvalue weighted by molar-refractivity contribution is 7.98. The van der Waals surface area contributed by atoms with E-state index in [4.69, 9.17) is 22.6 Å². The lowest BCUT2D eigenvalue weighted by molar-refractivity contribution is -0.142. The van der Waals surface area contributed by atoms with Gasteiger partial charge in [0.05, 0.1) is 6.04 Å². The number of para-hydroxylation sites is 1. The summed E-state index contributed by atoms with van der Waals surface area (Å²) in [6, 6.07) is 17.1.